The van der Waals surface area contributed by atoms with Gasteiger partial charge in [0.2, 0.25) is 0 Å². The van der Waals surface area contributed by atoms with Crippen molar-refractivity contribution < 1.29 is 19.4 Å². The molecule has 0 bridgehead atoms. The van der Waals surface area contributed by atoms with E-state index in [4.69, 9.17) is 14.6 Å². The summed E-state index contributed by atoms with van der Waals surface area (Å²) in [6, 6.07) is 0. The van der Waals surface area contributed by atoms with Crippen LogP contribution in [-0.2, 0) is 14.3 Å². The first-order valence-electron chi connectivity index (χ1n) is 26.5. The molecule has 59 heavy (non-hydrogen) atoms. The smallest absolute Gasteiger partial charge is 0.293 e. The van der Waals surface area contributed by atoms with Gasteiger partial charge in [-0.3, -0.25) is 9.59 Å². The van der Waals surface area contributed by atoms with E-state index in [2.05, 4.69) is 51.5 Å². The molecule has 1 saturated heterocycles. The molecule has 1 N–H and O–H groups in total. The van der Waals surface area contributed by atoms with Gasteiger partial charge >= 0.3 is 0 Å². The summed E-state index contributed by atoms with van der Waals surface area (Å²) in [5, 5.41) is 6.89. The van der Waals surface area contributed by atoms with Crippen LogP contribution >= 0.6 is 0 Å². The Morgan fingerprint density at radius 2 is 0.695 bits per heavy atom. The Bertz CT molecular complexity index is 769. The number of piperazine rings is 1. The van der Waals surface area contributed by atoms with Crippen molar-refractivity contribution >= 4 is 12.9 Å². The van der Waals surface area contributed by atoms with Crippen LogP contribution in [0, 0.1) is 17.8 Å². The Morgan fingerprint density at radius 3 is 1.03 bits per heavy atom. The number of unbranched alkanes of at least 4 members (excludes halogenated alkanes) is 21. The SMILES string of the molecule is CCCCCC(CCCCC)CCOC=O.CCCCCCCCCC(CCCCCCCCCCC(CCCCC)CCCCC)CCN1CCN(C)CC1.O=CO. The zero-order valence-electron chi connectivity index (χ0n) is 41.2. The molecule has 1 atom stereocenters. The lowest BCUT2D eigenvalue weighted by atomic mass is 9.90. The molecule has 0 aliphatic carbocycles. The van der Waals surface area contributed by atoms with Crippen LogP contribution < -0.4 is 0 Å². The van der Waals surface area contributed by atoms with E-state index >= 15 is 0 Å². The van der Waals surface area contributed by atoms with Crippen molar-refractivity contribution in [2.45, 2.75) is 266 Å². The molecule has 1 fully saturated rings. The summed E-state index contributed by atoms with van der Waals surface area (Å²) in [5.41, 5.74) is 0. The Morgan fingerprint density at radius 1 is 0.424 bits per heavy atom. The molecule has 354 valence electrons. The number of hydrogen-bond acceptors (Lipinski definition) is 5. The molecule has 0 aromatic carbocycles. The number of ether oxygens (including phenoxy) is 1. The summed E-state index contributed by atoms with van der Waals surface area (Å²) in [4.78, 5) is 23.7. The highest BCUT2D eigenvalue weighted by Gasteiger charge is 2.16. The predicted octanol–water partition coefficient (Wildman–Crippen LogP) is 16.1. The van der Waals surface area contributed by atoms with Gasteiger partial charge in [0, 0.05) is 26.2 Å². The molecule has 1 heterocycles. The minimum atomic E-state index is -0.250. The third-order valence-corrected chi connectivity index (χ3v) is 13.2. The van der Waals surface area contributed by atoms with Crippen molar-refractivity contribution in [3.05, 3.63) is 0 Å². The molecule has 0 radical (unpaired) electrons. The van der Waals surface area contributed by atoms with Gasteiger partial charge in [-0.15, -0.1) is 0 Å². The number of carbonyl (C=O) groups excluding carboxylic acids is 1. The normalized spacial score (nSPS) is 13.8. The molecule has 6 nitrogen and oxygen atoms in total. The topological polar surface area (TPSA) is 70.1 Å². The van der Waals surface area contributed by atoms with Gasteiger partial charge < -0.3 is 19.6 Å². The molecule has 0 aromatic rings. The fourth-order valence-electron chi connectivity index (χ4n) is 9.07. The van der Waals surface area contributed by atoms with Gasteiger partial charge in [0.15, 0.2) is 0 Å². The predicted molar refractivity (Wildman–Crippen MR) is 260 cm³/mol. The zero-order valence-corrected chi connectivity index (χ0v) is 41.2. The average Bonchev–Trinajstić information content (AvgIpc) is 3.24. The molecular formula is C53H108N2O4. The molecule has 0 spiro atoms. The van der Waals surface area contributed by atoms with Gasteiger partial charge in [-0.25, -0.2) is 0 Å². The molecular weight excluding hydrogens is 729 g/mol. The number of likely N-dealkylation sites (N-methyl/N-ethyl adjacent to an activating group) is 1. The number of hydrogen-bond donors (Lipinski definition) is 1. The maximum Gasteiger partial charge on any atom is 0.293 e. The quantitative estimate of drug-likeness (QED) is 0.0488. The maximum absolute atomic E-state index is 10.1. The summed E-state index contributed by atoms with van der Waals surface area (Å²) in [7, 11) is 2.28. The molecule has 0 saturated carbocycles. The van der Waals surface area contributed by atoms with Crippen LogP contribution in [0.15, 0.2) is 0 Å². The highest BCUT2D eigenvalue weighted by Crippen LogP contribution is 2.26. The number of rotatable bonds is 42. The van der Waals surface area contributed by atoms with E-state index in [0.29, 0.717) is 13.1 Å². The molecule has 1 rings (SSSR count). The Balaban J connectivity index is 0. The van der Waals surface area contributed by atoms with Crippen molar-refractivity contribution in [2.24, 2.45) is 17.8 Å². The first kappa shape index (κ1) is 60.0. The average molecular weight is 837 g/mol. The van der Waals surface area contributed by atoms with E-state index in [9.17, 15) is 4.79 Å². The Labute approximate surface area is 370 Å². The molecule has 0 aromatic heterocycles. The summed E-state index contributed by atoms with van der Waals surface area (Å²) in [6.07, 6.45) is 51.2. The van der Waals surface area contributed by atoms with Crippen molar-refractivity contribution in [3.8, 4) is 0 Å². The van der Waals surface area contributed by atoms with Crippen LogP contribution in [-0.4, -0.2) is 74.2 Å². The largest absolute Gasteiger partial charge is 0.483 e. The first-order chi connectivity index (χ1) is 28.9. The molecule has 1 aliphatic heterocycles. The van der Waals surface area contributed by atoms with Crippen LogP contribution in [0.4, 0.5) is 0 Å². The van der Waals surface area contributed by atoms with E-state index in [0.717, 1.165) is 24.2 Å². The molecule has 6 heteroatoms. The lowest BCUT2D eigenvalue weighted by Crippen LogP contribution is -2.44. The van der Waals surface area contributed by atoms with Crippen molar-refractivity contribution in [2.75, 3.05) is 46.4 Å². The van der Waals surface area contributed by atoms with E-state index in [-0.39, 0.29) is 6.47 Å². The number of carboxylic acid groups (broad SMARTS) is 1. The third-order valence-electron chi connectivity index (χ3n) is 13.2. The summed E-state index contributed by atoms with van der Waals surface area (Å²) in [6.45, 7) is 18.9. The van der Waals surface area contributed by atoms with E-state index in [1.54, 1.807) is 0 Å². The van der Waals surface area contributed by atoms with Gasteiger partial charge in [-0.05, 0) is 44.2 Å². The highest BCUT2D eigenvalue weighted by molar-refractivity contribution is 5.36. The van der Waals surface area contributed by atoms with E-state index < -0.39 is 0 Å². The molecule has 1 unspecified atom stereocenters. The van der Waals surface area contributed by atoms with Crippen LogP contribution in [0.2, 0.25) is 0 Å². The van der Waals surface area contributed by atoms with Crippen molar-refractivity contribution in [1.29, 1.82) is 0 Å². The summed E-state index contributed by atoms with van der Waals surface area (Å²) in [5.74, 6) is 2.78. The van der Waals surface area contributed by atoms with Crippen molar-refractivity contribution in [1.82, 2.24) is 9.80 Å². The number of carbonyl (C=O) groups is 2. The number of nitrogens with zero attached hydrogens (tertiary/aromatic N) is 2. The fraction of sp³-hybridized carbons (Fsp3) is 0.962. The van der Waals surface area contributed by atoms with E-state index in [1.165, 1.54) is 257 Å². The second-order valence-electron chi connectivity index (χ2n) is 18.7. The van der Waals surface area contributed by atoms with Crippen LogP contribution in [0.25, 0.3) is 0 Å². The zero-order chi connectivity index (χ0) is 43.7. The standard InChI is InChI=1S/C38H78N2.C14H28O2.CH2O2/c1-5-8-11-12-15-18-24-29-38(31-32-40-35-33-39(4)34-36-40)30-25-20-17-14-13-16-19-23-28-37(26-21-9-6-2)27-22-10-7-3;1-3-5-7-9-14(10-8-6-4-2)11-12-16-13-15;2-1-3/h37-38H,5-36H2,1-4H3;13-14H,3-12H2,1-2H3;1H,(H,2,3). The molecule has 1 aliphatic rings. The highest BCUT2D eigenvalue weighted by atomic mass is 16.5. The second kappa shape index (κ2) is 51.2. The Hall–Kier alpha value is -1.14. The van der Waals surface area contributed by atoms with Gasteiger partial charge in [0.05, 0.1) is 6.61 Å². The minimum absolute atomic E-state index is 0.250. The van der Waals surface area contributed by atoms with Crippen LogP contribution in [0.1, 0.15) is 266 Å². The summed E-state index contributed by atoms with van der Waals surface area (Å²) >= 11 is 0. The van der Waals surface area contributed by atoms with Gasteiger partial charge in [-0.1, -0.05) is 253 Å². The minimum Gasteiger partial charge on any atom is -0.483 e. The van der Waals surface area contributed by atoms with Gasteiger partial charge in [-0.2, -0.15) is 0 Å². The Kier molecular flexibility index (Phi) is 52.0. The maximum atomic E-state index is 10.1. The van der Waals surface area contributed by atoms with Crippen molar-refractivity contribution in [3.63, 3.8) is 0 Å². The lowest BCUT2D eigenvalue weighted by Gasteiger charge is -2.33. The fourth-order valence-corrected chi connectivity index (χ4v) is 9.07. The van der Waals surface area contributed by atoms with Gasteiger partial charge in [0.1, 0.15) is 0 Å². The monoisotopic (exact) mass is 837 g/mol. The first-order valence-corrected chi connectivity index (χ1v) is 26.5. The van der Waals surface area contributed by atoms with Gasteiger partial charge in [0.25, 0.3) is 12.9 Å². The second-order valence-corrected chi connectivity index (χ2v) is 18.7. The van der Waals surface area contributed by atoms with Crippen LogP contribution in [0.5, 0.6) is 0 Å². The lowest BCUT2D eigenvalue weighted by molar-refractivity contribution is -0.129. The summed E-state index contributed by atoms with van der Waals surface area (Å²) < 4.78 is 4.80. The molecule has 0 amide bonds. The van der Waals surface area contributed by atoms with E-state index in [1.807, 2.05) is 0 Å². The van der Waals surface area contributed by atoms with Crippen LogP contribution in [0.3, 0.4) is 0 Å². The third kappa shape index (κ3) is 46.2.